The number of aliphatic hydroxyl groups is 3. The first-order chi connectivity index (χ1) is 10.1. The molecule has 0 amide bonds. The molecular weight excluding hydrogens is 322 g/mol. The summed E-state index contributed by atoms with van der Waals surface area (Å²) in [5.41, 5.74) is 0. The zero-order valence-electron chi connectivity index (χ0n) is 10.9. The second-order valence-corrected chi connectivity index (χ2v) is 5.46. The van der Waals surface area contributed by atoms with Gasteiger partial charge < -0.3 is 30.1 Å². The van der Waals surface area contributed by atoms with Gasteiger partial charge in [-0.1, -0.05) is 6.08 Å². The molecule has 0 spiro atoms. The molecule has 0 bridgehead atoms. The molecule has 0 aromatic carbocycles. The van der Waals surface area contributed by atoms with Crippen LogP contribution in [0.1, 0.15) is 0 Å². The van der Waals surface area contributed by atoms with Gasteiger partial charge in [-0.25, -0.2) is 0 Å². The molecule has 1 saturated heterocycles. The summed E-state index contributed by atoms with van der Waals surface area (Å²) in [6.45, 7) is 3.27. The molecule has 1 aliphatic rings. The van der Waals surface area contributed by atoms with Gasteiger partial charge in [0.05, 0.1) is 13.2 Å². The predicted octanol–water partition coefficient (Wildman–Crippen LogP) is -0.386. The first kappa shape index (κ1) is 16.6. The molecule has 5 atom stereocenters. The van der Waals surface area contributed by atoms with Crippen molar-refractivity contribution in [2.75, 3.05) is 18.5 Å². The van der Waals surface area contributed by atoms with E-state index in [0.29, 0.717) is 5.13 Å². The number of aromatic nitrogens is 2. The molecule has 1 fully saturated rings. The Bertz CT molecular complexity index is 476. The van der Waals surface area contributed by atoms with Gasteiger partial charge in [-0.05, 0) is 11.6 Å². The molecule has 1 aromatic rings. The van der Waals surface area contributed by atoms with Crippen LogP contribution in [0, 0.1) is 0 Å². The third-order valence-electron chi connectivity index (χ3n) is 2.95. The summed E-state index contributed by atoms with van der Waals surface area (Å²) in [4.78, 5) is 3.91. The Labute approximate surface area is 130 Å². The van der Waals surface area contributed by atoms with Crippen molar-refractivity contribution in [1.29, 1.82) is 0 Å². The zero-order chi connectivity index (χ0) is 15.4. The minimum Gasteiger partial charge on any atom is -0.394 e. The maximum Gasteiger partial charge on any atom is 0.236 e. The van der Waals surface area contributed by atoms with Crippen molar-refractivity contribution in [2.24, 2.45) is 0 Å². The van der Waals surface area contributed by atoms with E-state index in [4.69, 9.17) is 21.1 Å². The minimum absolute atomic E-state index is 0.0751. The topological polar surface area (TPSA) is 117 Å². The summed E-state index contributed by atoms with van der Waals surface area (Å²) in [7, 11) is 0. The van der Waals surface area contributed by atoms with Crippen molar-refractivity contribution in [3.63, 3.8) is 0 Å². The van der Waals surface area contributed by atoms with Crippen molar-refractivity contribution in [3.05, 3.63) is 17.9 Å². The largest absolute Gasteiger partial charge is 0.394 e. The summed E-state index contributed by atoms with van der Waals surface area (Å²) in [6.07, 6.45) is -2.81. The molecule has 2 heterocycles. The smallest absolute Gasteiger partial charge is 0.236 e. The Hall–Kier alpha value is -0.810. The number of halogens is 1. The Balaban J connectivity index is 2.13. The number of hydrogen-bond acceptors (Lipinski definition) is 9. The number of nitrogens with zero attached hydrogens (tertiary/aromatic N) is 2. The number of nitrogens with one attached hydrogen (secondary N) is 1. The molecule has 0 saturated carbocycles. The van der Waals surface area contributed by atoms with E-state index in [1.165, 1.54) is 6.08 Å². The maximum absolute atomic E-state index is 10.2. The predicted molar refractivity (Wildman–Crippen MR) is 76.2 cm³/mol. The molecule has 21 heavy (non-hydrogen) atoms. The molecular formula is C11H16ClN3O5S. The number of ether oxygens (including phenoxy) is 2. The molecule has 1 aliphatic heterocycles. The lowest BCUT2D eigenvalue weighted by atomic mass is 9.97. The highest BCUT2D eigenvalue weighted by Crippen LogP contribution is 2.26. The number of anilines is 1. The first-order valence-electron chi connectivity index (χ1n) is 6.17. The average Bonchev–Trinajstić information content (AvgIpc) is 2.88. The summed E-state index contributed by atoms with van der Waals surface area (Å²) >= 11 is 6.64. The fraction of sp³-hybridized carbons (Fsp3) is 0.636. The van der Waals surface area contributed by atoms with E-state index in [1.54, 1.807) is 0 Å². The Morgan fingerprint density at radius 3 is 2.81 bits per heavy atom. The normalized spacial score (nSPS) is 32.9. The zero-order valence-corrected chi connectivity index (χ0v) is 12.5. The Morgan fingerprint density at radius 2 is 2.24 bits per heavy atom. The van der Waals surface area contributed by atoms with Gasteiger partial charge in [0.2, 0.25) is 10.4 Å². The molecule has 4 N–H and O–H groups in total. The summed E-state index contributed by atoms with van der Waals surface area (Å²) in [5, 5.41) is 32.6. The monoisotopic (exact) mass is 337 g/mol. The Morgan fingerprint density at radius 1 is 1.48 bits per heavy atom. The van der Waals surface area contributed by atoms with Gasteiger partial charge in [0.15, 0.2) is 6.29 Å². The molecule has 118 valence electrons. The summed E-state index contributed by atoms with van der Waals surface area (Å²) < 4.78 is 14.7. The van der Waals surface area contributed by atoms with E-state index < -0.39 is 37.3 Å². The highest BCUT2D eigenvalue weighted by Gasteiger charge is 2.45. The average molecular weight is 338 g/mol. The van der Waals surface area contributed by atoms with Crippen LogP contribution >= 0.6 is 23.1 Å². The fourth-order valence-electron chi connectivity index (χ4n) is 1.95. The second-order valence-electron chi connectivity index (χ2n) is 4.37. The standard InChI is InChI=1S/C11H16ClN3O5S/c1-2-3-19-9-6(13-11-14-10(12)15-21-11)8(18)7(17)5(4-16)20-9/h2,5-9,16-18H,1,3-4H2,(H,13,14,15)/t5-,6-,7+,8-,9+/m1/s1. The van der Waals surface area contributed by atoms with E-state index in [0.717, 1.165) is 11.5 Å². The maximum atomic E-state index is 10.2. The van der Waals surface area contributed by atoms with Crippen LogP contribution in [-0.4, -0.2) is 68.5 Å². The van der Waals surface area contributed by atoms with E-state index in [2.05, 4.69) is 21.3 Å². The van der Waals surface area contributed by atoms with Crippen molar-refractivity contribution >= 4 is 28.3 Å². The first-order valence-corrected chi connectivity index (χ1v) is 7.32. The van der Waals surface area contributed by atoms with Gasteiger partial charge in [-0.2, -0.15) is 9.36 Å². The SMILES string of the molecule is C=CCO[C@H]1O[C@H](CO)[C@H](O)[C@H](O)[C@H]1Nc1nc(Cl)ns1. The van der Waals surface area contributed by atoms with Gasteiger partial charge in [-0.15, -0.1) is 6.58 Å². The number of hydrogen-bond donors (Lipinski definition) is 4. The van der Waals surface area contributed by atoms with Crippen molar-refractivity contribution in [3.8, 4) is 0 Å². The lowest BCUT2D eigenvalue weighted by molar-refractivity contribution is -0.259. The van der Waals surface area contributed by atoms with Crippen molar-refractivity contribution in [2.45, 2.75) is 30.6 Å². The third kappa shape index (κ3) is 3.89. The van der Waals surface area contributed by atoms with Gasteiger partial charge in [0.25, 0.3) is 0 Å². The Kier molecular flexibility index (Phi) is 5.88. The molecule has 0 aliphatic carbocycles. The summed E-state index contributed by atoms with van der Waals surface area (Å²) in [5.74, 6) is 0. The molecule has 0 unspecified atom stereocenters. The lowest BCUT2D eigenvalue weighted by Crippen LogP contribution is -2.61. The second kappa shape index (κ2) is 7.45. The van der Waals surface area contributed by atoms with Crippen LogP contribution in [0.15, 0.2) is 12.7 Å². The molecule has 1 aromatic heterocycles. The van der Waals surface area contributed by atoms with Gasteiger partial charge >= 0.3 is 0 Å². The highest BCUT2D eigenvalue weighted by atomic mass is 35.5. The van der Waals surface area contributed by atoms with Gasteiger partial charge in [0, 0.05) is 11.5 Å². The van der Waals surface area contributed by atoms with Crippen molar-refractivity contribution < 1.29 is 24.8 Å². The lowest BCUT2D eigenvalue weighted by Gasteiger charge is -2.42. The molecule has 2 rings (SSSR count). The van der Waals surface area contributed by atoms with E-state index >= 15 is 0 Å². The molecule has 10 heteroatoms. The third-order valence-corrected chi connectivity index (χ3v) is 3.87. The summed E-state index contributed by atoms with van der Waals surface area (Å²) in [6, 6.07) is -0.799. The van der Waals surface area contributed by atoms with Gasteiger partial charge in [-0.3, -0.25) is 0 Å². The van der Waals surface area contributed by atoms with Crippen LogP contribution in [0.25, 0.3) is 0 Å². The van der Waals surface area contributed by atoms with Crippen molar-refractivity contribution in [1.82, 2.24) is 9.36 Å². The van der Waals surface area contributed by atoms with E-state index in [9.17, 15) is 15.3 Å². The minimum atomic E-state index is -1.26. The fourth-order valence-corrected chi connectivity index (χ4v) is 2.70. The van der Waals surface area contributed by atoms with Gasteiger partial charge in [0.1, 0.15) is 24.4 Å². The highest BCUT2D eigenvalue weighted by molar-refractivity contribution is 7.09. The van der Waals surface area contributed by atoms with E-state index in [-0.39, 0.29) is 11.9 Å². The van der Waals surface area contributed by atoms with Crippen LogP contribution in [0.5, 0.6) is 0 Å². The van der Waals surface area contributed by atoms with Crippen LogP contribution in [-0.2, 0) is 9.47 Å². The molecule has 8 nitrogen and oxygen atoms in total. The van der Waals surface area contributed by atoms with Crippen LogP contribution in [0.2, 0.25) is 5.28 Å². The van der Waals surface area contributed by atoms with Crippen LogP contribution < -0.4 is 5.32 Å². The number of aliphatic hydroxyl groups excluding tert-OH is 3. The quantitative estimate of drug-likeness (QED) is 0.519. The number of rotatable bonds is 6. The van der Waals surface area contributed by atoms with E-state index in [1.807, 2.05) is 0 Å². The van der Waals surface area contributed by atoms with Crippen LogP contribution in [0.3, 0.4) is 0 Å². The molecule has 0 radical (unpaired) electrons. The van der Waals surface area contributed by atoms with Crippen LogP contribution in [0.4, 0.5) is 5.13 Å².